The second-order valence-corrected chi connectivity index (χ2v) is 8.83. The number of halogens is 1. The highest BCUT2D eigenvalue weighted by Crippen LogP contribution is 2.27. The molecule has 0 bridgehead atoms. The topological polar surface area (TPSA) is 61.9 Å². The highest BCUT2D eigenvalue weighted by atomic mass is 32.2. The van der Waals surface area contributed by atoms with E-state index in [1.165, 1.54) is 17.8 Å². The zero-order chi connectivity index (χ0) is 22.5. The summed E-state index contributed by atoms with van der Waals surface area (Å²) >= 11 is 1.49. The first-order valence-electron chi connectivity index (χ1n) is 10.7. The third kappa shape index (κ3) is 5.24. The molecule has 2 aliphatic heterocycles. The average Bonchev–Trinajstić information content (AvgIpc) is 2.81. The van der Waals surface area contributed by atoms with E-state index in [2.05, 4.69) is 5.32 Å². The minimum absolute atomic E-state index is 0.0477. The molecular formula is C24H26FN3O3S. The van der Waals surface area contributed by atoms with Gasteiger partial charge >= 0.3 is 0 Å². The normalized spacial score (nSPS) is 16.6. The van der Waals surface area contributed by atoms with Crippen LogP contribution in [0.1, 0.15) is 12.5 Å². The Balaban J connectivity index is 1.29. The van der Waals surface area contributed by atoms with Crippen molar-refractivity contribution in [3.63, 3.8) is 0 Å². The fourth-order valence-electron chi connectivity index (χ4n) is 3.82. The van der Waals surface area contributed by atoms with Crippen LogP contribution in [0.15, 0.2) is 59.2 Å². The maximum Gasteiger partial charge on any atom is 0.265 e. The highest BCUT2D eigenvalue weighted by molar-refractivity contribution is 8.04. The minimum atomic E-state index is -0.236. The van der Waals surface area contributed by atoms with Crippen LogP contribution in [0.25, 0.3) is 0 Å². The number of carbonyl (C=O) groups is 2. The van der Waals surface area contributed by atoms with Crippen LogP contribution in [0.4, 0.5) is 15.8 Å². The van der Waals surface area contributed by atoms with Crippen molar-refractivity contribution < 1.29 is 18.7 Å². The van der Waals surface area contributed by atoms with Crippen molar-refractivity contribution in [1.82, 2.24) is 4.90 Å². The molecule has 0 aromatic heterocycles. The molecule has 1 fully saturated rings. The molecule has 2 aromatic carbocycles. The summed E-state index contributed by atoms with van der Waals surface area (Å²) in [6.45, 7) is 4.76. The van der Waals surface area contributed by atoms with E-state index in [0.717, 1.165) is 11.3 Å². The molecule has 2 aliphatic rings. The summed E-state index contributed by atoms with van der Waals surface area (Å²) in [5.74, 6) is 1.04. The lowest BCUT2D eigenvalue weighted by molar-refractivity contribution is -0.130. The van der Waals surface area contributed by atoms with E-state index < -0.39 is 0 Å². The molecule has 1 saturated heterocycles. The maximum absolute atomic E-state index is 14.0. The van der Waals surface area contributed by atoms with Gasteiger partial charge in [-0.2, -0.15) is 0 Å². The van der Waals surface area contributed by atoms with Crippen molar-refractivity contribution >= 4 is 35.0 Å². The van der Waals surface area contributed by atoms with Crippen molar-refractivity contribution in [2.24, 2.45) is 0 Å². The minimum Gasteiger partial charge on any atom is -0.496 e. The number of nitrogens with one attached hydrogen (secondary N) is 1. The lowest BCUT2D eigenvalue weighted by Crippen LogP contribution is -2.49. The zero-order valence-electron chi connectivity index (χ0n) is 18.0. The number of nitrogens with zero attached hydrogens (tertiary/aromatic N) is 2. The van der Waals surface area contributed by atoms with Gasteiger partial charge in [0.05, 0.1) is 18.7 Å². The second kappa shape index (κ2) is 10.1. The molecule has 2 heterocycles. The number of carbonyl (C=O) groups excluding carboxylic acids is 2. The quantitative estimate of drug-likeness (QED) is 0.746. The number of thioether (sulfide) groups is 1. The second-order valence-electron chi connectivity index (χ2n) is 7.73. The maximum atomic E-state index is 14.0. The lowest BCUT2D eigenvalue weighted by atomic mass is 10.1. The summed E-state index contributed by atoms with van der Waals surface area (Å²) in [4.78, 5) is 29.6. The summed E-state index contributed by atoms with van der Waals surface area (Å²) in [7, 11) is 0. The molecule has 0 unspecified atom stereocenters. The fourth-order valence-corrected chi connectivity index (χ4v) is 4.63. The van der Waals surface area contributed by atoms with Crippen molar-refractivity contribution in [1.29, 1.82) is 0 Å². The van der Waals surface area contributed by atoms with Gasteiger partial charge < -0.3 is 19.9 Å². The molecular weight excluding hydrogens is 429 g/mol. The molecule has 0 radical (unpaired) electrons. The van der Waals surface area contributed by atoms with Crippen LogP contribution in [0.2, 0.25) is 0 Å². The number of para-hydroxylation sites is 1. The Morgan fingerprint density at radius 2 is 1.78 bits per heavy atom. The predicted octanol–water partition coefficient (Wildman–Crippen LogP) is 3.65. The molecule has 32 heavy (non-hydrogen) atoms. The molecule has 1 N–H and O–H groups in total. The summed E-state index contributed by atoms with van der Waals surface area (Å²) in [6.07, 6.45) is 0.294. The molecule has 0 atom stereocenters. The molecule has 0 spiro atoms. The number of hydrogen-bond donors (Lipinski definition) is 1. The highest BCUT2D eigenvalue weighted by Gasteiger charge is 2.23. The number of benzene rings is 2. The van der Waals surface area contributed by atoms with Gasteiger partial charge in [0.2, 0.25) is 5.91 Å². The lowest BCUT2D eigenvalue weighted by Gasteiger charge is -2.36. The van der Waals surface area contributed by atoms with E-state index in [1.807, 2.05) is 28.0 Å². The van der Waals surface area contributed by atoms with E-state index in [1.54, 1.807) is 31.2 Å². The number of allylic oxidation sites excluding steroid dienone is 1. The number of amides is 2. The molecule has 6 nitrogen and oxygen atoms in total. The SMILES string of the molecule is CC1=C(C(=O)Nc2ccc(CC(=O)N3CCN(c4ccccc4F)CC3)cc2)SCCO1. The van der Waals surface area contributed by atoms with Gasteiger partial charge in [-0.05, 0) is 36.8 Å². The van der Waals surface area contributed by atoms with E-state index in [9.17, 15) is 14.0 Å². The Kier molecular flexibility index (Phi) is 6.99. The monoisotopic (exact) mass is 455 g/mol. The Bertz CT molecular complexity index is 1020. The molecule has 168 valence electrons. The van der Waals surface area contributed by atoms with E-state index in [4.69, 9.17) is 4.74 Å². The van der Waals surface area contributed by atoms with Crippen LogP contribution in [-0.2, 0) is 20.7 Å². The fraction of sp³-hybridized carbons (Fsp3) is 0.333. The van der Waals surface area contributed by atoms with Gasteiger partial charge in [-0.15, -0.1) is 11.8 Å². The Morgan fingerprint density at radius 1 is 1.06 bits per heavy atom. The molecule has 2 aromatic rings. The van der Waals surface area contributed by atoms with Crippen molar-refractivity contribution in [2.45, 2.75) is 13.3 Å². The average molecular weight is 456 g/mol. The van der Waals surface area contributed by atoms with Crippen LogP contribution >= 0.6 is 11.8 Å². The van der Waals surface area contributed by atoms with E-state index >= 15 is 0 Å². The third-order valence-electron chi connectivity index (χ3n) is 5.57. The smallest absolute Gasteiger partial charge is 0.265 e. The first kappa shape index (κ1) is 22.2. The summed E-state index contributed by atoms with van der Waals surface area (Å²) in [5.41, 5.74) is 2.15. The van der Waals surface area contributed by atoms with Crippen molar-refractivity contribution in [3.05, 3.63) is 70.6 Å². The first-order chi connectivity index (χ1) is 15.5. The molecule has 0 saturated carbocycles. The predicted molar refractivity (Wildman–Crippen MR) is 125 cm³/mol. The largest absolute Gasteiger partial charge is 0.496 e. The van der Waals surface area contributed by atoms with Gasteiger partial charge in [-0.3, -0.25) is 9.59 Å². The van der Waals surface area contributed by atoms with Gasteiger partial charge in [-0.25, -0.2) is 4.39 Å². The number of rotatable bonds is 5. The van der Waals surface area contributed by atoms with Crippen molar-refractivity contribution in [3.8, 4) is 0 Å². The standard InChI is InChI=1S/C24H26FN3O3S/c1-17-23(32-15-14-31-17)24(30)26-19-8-6-18(7-9-19)16-22(29)28-12-10-27(11-13-28)21-5-3-2-4-20(21)25/h2-9H,10-16H2,1H3,(H,26,30). The number of ether oxygens (including phenoxy) is 1. The van der Waals surface area contributed by atoms with Crippen LogP contribution < -0.4 is 10.2 Å². The summed E-state index contributed by atoms with van der Waals surface area (Å²) < 4.78 is 19.4. The van der Waals surface area contributed by atoms with E-state index in [0.29, 0.717) is 61.2 Å². The van der Waals surface area contributed by atoms with Gasteiger partial charge in [-0.1, -0.05) is 24.3 Å². The Labute approximate surface area is 191 Å². The molecule has 0 aliphatic carbocycles. The van der Waals surface area contributed by atoms with Crippen LogP contribution in [0.3, 0.4) is 0 Å². The van der Waals surface area contributed by atoms with Crippen molar-refractivity contribution in [2.75, 3.05) is 48.8 Å². The zero-order valence-corrected chi connectivity index (χ0v) is 18.8. The first-order valence-corrected chi connectivity index (χ1v) is 11.6. The molecule has 2 amide bonds. The van der Waals surface area contributed by atoms with Crippen LogP contribution in [0.5, 0.6) is 0 Å². The number of hydrogen-bond acceptors (Lipinski definition) is 5. The van der Waals surface area contributed by atoms with Gasteiger partial charge in [0.25, 0.3) is 5.91 Å². The van der Waals surface area contributed by atoms with Gasteiger partial charge in [0.15, 0.2) is 0 Å². The van der Waals surface area contributed by atoms with Gasteiger partial charge in [0.1, 0.15) is 16.5 Å². The van der Waals surface area contributed by atoms with Crippen LogP contribution in [0, 0.1) is 5.82 Å². The van der Waals surface area contributed by atoms with Gasteiger partial charge in [0, 0.05) is 37.6 Å². The summed E-state index contributed by atoms with van der Waals surface area (Å²) in [6, 6.07) is 14.0. The molecule has 4 rings (SSSR count). The third-order valence-corrected chi connectivity index (χ3v) is 6.70. The number of anilines is 2. The van der Waals surface area contributed by atoms with E-state index in [-0.39, 0.29) is 17.6 Å². The Hall–Kier alpha value is -3.00. The summed E-state index contributed by atoms with van der Waals surface area (Å²) in [5, 5.41) is 2.88. The molecule has 8 heteroatoms. The number of piperazine rings is 1. The van der Waals surface area contributed by atoms with Crippen LogP contribution in [-0.4, -0.2) is 55.3 Å². The Morgan fingerprint density at radius 3 is 2.47 bits per heavy atom.